The van der Waals surface area contributed by atoms with Crippen molar-refractivity contribution >= 4 is 22.5 Å². The van der Waals surface area contributed by atoms with Gasteiger partial charge in [0.1, 0.15) is 0 Å². The number of carbonyl (C=O) groups excluding carboxylic acids is 1. The summed E-state index contributed by atoms with van der Waals surface area (Å²) in [5.41, 5.74) is 0. The molecule has 6 nitrogen and oxygen atoms in total. The molecule has 2 N–H and O–H groups in total. The molecule has 0 aromatic carbocycles. The third kappa shape index (κ3) is 3.10. The maximum Gasteiger partial charge on any atom is 0.323 e. The van der Waals surface area contributed by atoms with E-state index >= 15 is 0 Å². The minimum Gasteiger partial charge on any atom is -0.391 e. The summed E-state index contributed by atoms with van der Waals surface area (Å²) in [5, 5.41) is 18.2. The Kier molecular flexibility index (Phi) is 4.02. The van der Waals surface area contributed by atoms with Crippen LogP contribution in [0.4, 0.5) is 18.7 Å². The van der Waals surface area contributed by atoms with Gasteiger partial charge in [0.15, 0.2) is 5.01 Å². The predicted octanol–water partition coefficient (Wildman–Crippen LogP) is 1.46. The molecule has 1 aliphatic heterocycles. The van der Waals surface area contributed by atoms with Gasteiger partial charge in [-0.05, 0) is 12.8 Å². The number of nitrogens with zero attached hydrogens (tertiary/aromatic N) is 3. The van der Waals surface area contributed by atoms with Crippen molar-refractivity contribution < 1.29 is 18.7 Å². The van der Waals surface area contributed by atoms with Crippen molar-refractivity contribution in [1.29, 1.82) is 0 Å². The number of likely N-dealkylation sites (tertiary alicyclic amines) is 1. The van der Waals surface area contributed by atoms with Gasteiger partial charge in [0.25, 0.3) is 6.43 Å². The molecule has 1 aromatic heterocycles. The van der Waals surface area contributed by atoms with Gasteiger partial charge in [-0.3, -0.25) is 5.32 Å². The lowest BCUT2D eigenvalue weighted by Gasteiger charge is -2.29. The number of rotatable bonds is 2. The predicted molar refractivity (Wildman–Crippen MR) is 60.7 cm³/mol. The molecule has 9 heteroatoms. The first-order valence-electron chi connectivity index (χ1n) is 5.42. The summed E-state index contributed by atoms with van der Waals surface area (Å²) in [7, 11) is 0. The Morgan fingerprint density at radius 1 is 1.56 bits per heavy atom. The van der Waals surface area contributed by atoms with E-state index in [0.717, 1.165) is 0 Å². The van der Waals surface area contributed by atoms with Crippen molar-refractivity contribution in [3.63, 3.8) is 0 Å². The van der Waals surface area contributed by atoms with Crippen LogP contribution in [0.2, 0.25) is 0 Å². The molecule has 2 heterocycles. The Balaban J connectivity index is 1.93. The molecule has 1 fully saturated rings. The molecular formula is C9H12F2N4O2S. The third-order valence-electron chi connectivity index (χ3n) is 2.52. The van der Waals surface area contributed by atoms with Crippen LogP contribution in [0.5, 0.6) is 0 Å². The number of aliphatic hydroxyl groups is 1. The van der Waals surface area contributed by atoms with Gasteiger partial charge >= 0.3 is 6.03 Å². The molecule has 0 radical (unpaired) electrons. The first-order chi connectivity index (χ1) is 8.56. The van der Waals surface area contributed by atoms with E-state index < -0.39 is 23.6 Å². The molecule has 100 valence electrons. The third-order valence-corrected chi connectivity index (χ3v) is 3.37. The van der Waals surface area contributed by atoms with Crippen molar-refractivity contribution in [2.45, 2.75) is 25.4 Å². The molecule has 0 spiro atoms. The fourth-order valence-corrected chi connectivity index (χ4v) is 2.27. The van der Waals surface area contributed by atoms with E-state index in [2.05, 4.69) is 15.5 Å². The second-order valence-corrected chi connectivity index (χ2v) is 4.93. The number of β-amino-alcohol motifs (C(OH)–C–C–N with tert-alkyl or cyclic N) is 1. The van der Waals surface area contributed by atoms with E-state index in [1.807, 2.05) is 0 Å². The van der Waals surface area contributed by atoms with Crippen molar-refractivity contribution in [2.24, 2.45) is 0 Å². The average molecular weight is 278 g/mol. The van der Waals surface area contributed by atoms with Crippen LogP contribution in [0.1, 0.15) is 24.3 Å². The smallest absolute Gasteiger partial charge is 0.323 e. The van der Waals surface area contributed by atoms with E-state index in [4.69, 9.17) is 0 Å². The highest BCUT2D eigenvalue weighted by Crippen LogP contribution is 2.25. The van der Waals surface area contributed by atoms with Crippen molar-refractivity contribution in [3.8, 4) is 0 Å². The van der Waals surface area contributed by atoms with Crippen molar-refractivity contribution in [1.82, 2.24) is 15.1 Å². The first-order valence-corrected chi connectivity index (χ1v) is 6.23. The molecule has 0 saturated carbocycles. The number of halogens is 2. The summed E-state index contributed by atoms with van der Waals surface area (Å²) in [4.78, 5) is 13.2. The fourth-order valence-electron chi connectivity index (χ4n) is 1.68. The standard InChI is InChI=1S/C9H12F2N4O2S/c10-6(11)7-13-14-8(18-7)12-9(17)15-3-1-2-5(16)4-15/h5-6,16H,1-4H2,(H,12,14,17). The molecular weight excluding hydrogens is 266 g/mol. The molecule has 2 rings (SSSR count). The van der Waals surface area contributed by atoms with E-state index in [1.165, 1.54) is 4.90 Å². The van der Waals surface area contributed by atoms with Crippen LogP contribution >= 0.6 is 11.3 Å². The normalized spacial score (nSPS) is 20.2. The quantitative estimate of drug-likeness (QED) is 0.858. The summed E-state index contributed by atoms with van der Waals surface area (Å²) in [6, 6.07) is -0.453. The fraction of sp³-hybridized carbons (Fsp3) is 0.667. The van der Waals surface area contributed by atoms with E-state index in [0.29, 0.717) is 30.7 Å². The summed E-state index contributed by atoms with van der Waals surface area (Å²) >= 11 is 0.641. The molecule has 0 aliphatic carbocycles. The Morgan fingerprint density at radius 3 is 2.94 bits per heavy atom. The van der Waals surface area contributed by atoms with Gasteiger partial charge in [-0.2, -0.15) is 0 Å². The van der Waals surface area contributed by atoms with Gasteiger partial charge in [0.2, 0.25) is 5.13 Å². The number of aromatic nitrogens is 2. The van der Waals surface area contributed by atoms with Gasteiger partial charge in [0, 0.05) is 13.1 Å². The summed E-state index contributed by atoms with van der Waals surface area (Å²) < 4.78 is 24.6. The lowest BCUT2D eigenvalue weighted by atomic mass is 10.1. The maximum absolute atomic E-state index is 12.3. The molecule has 2 amide bonds. The van der Waals surface area contributed by atoms with E-state index in [1.54, 1.807) is 0 Å². The Bertz CT molecular complexity index is 428. The number of nitrogens with one attached hydrogen (secondary N) is 1. The second kappa shape index (κ2) is 5.53. The second-order valence-electron chi connectivity index (χ2n) is 3.92. The molecule has 1 aromatic rings. The highest BCUT2D eigenvalue weighted by molar-refractivity contribution is 7.15. The van der Waals surface area contributed by atoms with Crippen molar-refractivity contribution in [2.75, 3.05) is 18.4 Å². The topological polar surface area (TPSA) is 78.4 Å². The van der Waals surface area contributed by atoms with Crippen LogP contribution in [0.3, 0.4) is 0 Å². The number of amides is 2. The zero-order valence-corrected chi connectivity index (χ0v) is 10.2. The highest BCUT2D eigenvalue weighted by Gasteiger charge is 2.23. The van der Waals surface area contributed by atoms with Gasteiger partial charge in [-0.25, -0.2) is 13.6 Å². The monoisotopic (exact) mass is 278 g/mol. The average Bonchev–Trinajstić information content (AvgIpc) is 2.77. The number of hydrogen-bond acceptors (Lipinski definition) is 5. The Labute approximate surface area is 106 Å². The Morgan fingerprint density at radius 2 is 2.33 bits per heavy atom. The van der Waals surface area contributed by atoms with Crippen LogP contribution in [0.15, 0.2) is 0 Å². The van der Waals surface area contributed by atoms with Crippen LogP contribution < -0.4 is 5.32 Å². The zero-order valence-electron chi connectivity index (χ0n) is 9.34. The molecule has 1 aliphatic rings. The van der Waals surface area contributed by atoms with Gasteiger partial charge < -0.3 is 10.0 Å². The van der Waals surface area contributed by atoms with Crippen LogP contribution in [0.25, 0.3) is 0 Å². The van der Waals surface area contributed by atoms with Crippen LogP contribution in [0, 0.1) is 0 Å². The summed E-state index contributed by atoms with van der Waals surface area (Å²) in [6.45, 7) is 0.774. The highest BCUT2D eigenvalue weighted by atomic mass is 32.1. The number of aliphatic hydroxyl groups excluding tert-OH is 1. The lowest BCUT2D eigenvalue weighted by Crippen LogP contribution is -2.44. The SMILES string of the molecule is O=C(Nc1nnc(C(F)F)s1)N1CCCC(O)C1. The number of carbonyl (C=O) groups is 1. The molecule has 1 saturated heterocycles. The van der Waals surface area contributed by atoms with Crippen LogP contribution in [-0.4, -0.2) is 45.4 Å². The Hall–Kier alpha value is -1.35. The number of hydrogen-bond donors (Lipinski definition) is 2. The van der Waals surface area contributed by atoms with Gasteiger partial charge in [-0.15, -0.1) is 10.2 Å². The summed E-state index contributed by atoms with van der Waals surface area (Å²) in [5.74, 6) is 0. The molecule has 18 heavy (non-hydrogen) atoms. The van der Waals surface area contributed by atoms with Crippen molar-refractivity contribution in [3.05, 3.63) is 5.01 Å². The molecule has 0 bridgehead atoms. The zero-order chi connectivity index (χ0) is 13.1. The van der Waals surface area contributed by atoms with E-state index in [-0.39, 0.29) is 11.7 Å². The van der Waals surface area contributed by atoms with Gasteiger partial charge in [0.05, 0.1) is 6.10 Å². The van der Waals surface area contributed by atoms with Gasteiger partial charge in [-0.1, -0.05) is 11.3 Å². The number of anilines is 1. The minimum atomic E-state index is -2.69. The minimum absolute atomic E-state index is 0.0374. The number of alkyl halides is 2. The summed E-state index contributed by atoms with van der Waals surface area (Å²) in [6.07, 6.45) is -1.84. The first kappa shape index (κ1) is 13.1. The molecule has 1 unspecified atom stereocenters. The lowest BCUT2D eigenvalue weighted by molar-refractivity contribution is 0.0883. The number of piperidine rings is 1. The van der Waals surface area contributed by atoms with Crippen LogP contribution in [-0.2, 0) is 0 Å². The maximum atomic E-state index is 12.3. The number of urea groups is 1. The largest absolute Gasteiger partial charge is 0.391 e. The van der Waals surface area contributed by atoms with E-state index in [9.17, 15) is 18.7 Å². The molecule has 1 atom stereocenters.